The maximum atomic E-state index is 5.61. The SMILES string of the molecule is CCCN=C(N)[n+]1ccc[nH]1.[Cl-]. The van der Waals surface area contributed by atoms with Crippen molar-refractivity contribution >= 4 is 5.96 Å². The minimum atomic E-state index is 0. The molecule has 1 aromatic rings. The van der Waals surface area contributed by atoms with E-state index in [1.54, 1.807) is 10.9 Å². The molecule has 68 valence electrons. The lowest BCUT2D eigenvalue weighted by atomic mass is 10.5. The highest BCUT2D eigenvalue weighted by atomic mass is 35.5. The molecule has 0 aliphatic heterocycles. The quantitative estimate of drug-likeness (QED) is 0.288. The summed E-state index contributed by atoms with van der Waals surface area (Å²) in [5, 5.41) is 2.91. The smallest absolute Gasteiger partial charge is 0.406 e. The number of H-pyrrole nitrogens is 1. The van der Waals surface area contributed by atoms with Gasteiger partial charge in [0, 0.05) is 6.20 Å². The fraction of sp³-hybridized carbons (Fsp3) is 0.429. The summed E-state index contributed by atoms with van der Waals surface area (Å²) < 4.78 is 1.68. The summed E-state index contributed by atoms with van der Waals surface area (Å²) in [7, 11) is 0. The zero-order valence-electron chi connectivity index (χ0n) is 7.00. The van der Waals surface area contributed by atoms with Crippen LogP contribution < -0.4 is 22.8 Å². The maximum Gasteiger partial charge on any atom is 0.406 e. The van der Waals surface area contributed by atoms with Gasteiger partial charge in [0.15, 0.2) is 0 Å². The molecule has 1 aromatic heterocycles. The van der Waals surface area contributed by atoms with Crippen LogP contribution >= 0.6 is 0 Å². The van der Waals surface area contributed by atoms with Gasteiger partial charge in [-0.05, 0) is 12.5 Å². The molecule has 12 heavy (non-hydrogen) atoms. The first-order chi connectivity index (χ1) is 5.34. The van der Waals surface area contributed by atoms with Crippen molar-refractivity contribution in [1.29, 1.82) is 0 Å². The van der Waals surface area contributed by atoms with Gasteiger partial charge in [-0.15, -0.1) is 9.67 Å². The maximum absolute atomic E-state index is 5.61. The molecule has 3 N–H and O–H groups in total. The molecule has 0 unspecified atom stereocenters. The molecule has 0 saturated heterocycles. The second-order valence-corrected chi connectivity index (χ2v) is 2.25. The van der Waals surface area contributed by atoms with Crippen molar-refractivity contribution < 1.29 is 17.1 Å². The molecule has 1 heterocycles. The van der Waals surface area contributed by atoms with Crippen LogP contribution in [0.5, 0.6) is 0 Å². The number of nitrogens with one attached hydrogen (secondary N) is 1. The minimum Gasteiger partial charge on any atom is -1.00 e. The molecule has 0 radical (unpaired) electrons. The molecule has 1 rings (SSSR count). The highest BCUT2D eigenvalue weighted by molar-refractivity contribution is 5.67. The van der Waals surface area contributed by atoms with E-state index in [1.165, 1.54) is 0 Å². The van der Waals surface area contributed by atoms with Crippen LogP contribution in [0.1, 0.15) is 13.3 Å². The van der Waals surface area contributed by atoms with Crippen molar-refractivity contribution in [3.8, 4) is 0 Å². The van der Waals surface area contributed by atoms with E-state index in [4.69, 9.17) is 5.73 Å². The highest BCUT2D eigenvalue weighted by Crippen LogP contribution is 1.76. The predicted octanol–water partition coefficient (Wildman–Crippen LogP) is -3.12. The number of halogens is 1. The monoisotopic (exact) mass is 188 g/mol. The van der Waals surface area contributed by atoms with Gasteiger partial charge in [0.2, 0.25) is 0 Å². The van der Waals surface area contributed by atoms with Crippen molar-refractivity contribution in [3.63, 3.8) is 0 Å². The largest absolute Gasteiger partial charge is 1.00 e. The first kappa shape index (κ1) is 11.0. The van der Waals surface area contributed by atoms with Crippen LogP contribution in [0.25, 0.3) is 0 Å². The van der Waals surface area contributed by atoms with Gasteiger partial charge in [0.05, 0.1) is 6.20 Å². The lowest BCUT2D eigenvalue weighted by Gasteiger charge is -1.88. The second-order valence-electron chi connectivity index (χ2n) is 2.25. The molecule has 0 amide bonds. The molecule has 0 spiro atoms. The third-order valence-corrected chi connectivity index (χ3v) is 1.29. The molecule has 0 atom stereocenters. The van der Waals surface area contributed by atoms with Gasteiger partial charge in [-0.1, -0.05) is 6.92 Å². The summed E-state index contributed by atoms with van der Waals surface area (Å²) in [4.78, 5) is 4.11. The Morgan fingerprint density at radius 3 is 2.92 bits per heavy atom. The minimum absolute atomic E-state index is 0. The molecular formula is C7H13ClN4. The van der Waals surface area contributed by atoms with Gasteiger partial charge in [-0.2, -0.15) is 0 Å². The number of hydrogen-bond acceptors (Lipinski definition) is 1. The van der Waals surface area contributed by atoms with Crippen LogP contribution in [-0.2, 0) is 0 Å². The highest BCUT2D eigenvalue weighted by Gasteiger charge is 2.02. The number of hydrogen-bond donors (Lipinski definition) is 2. The average Bonchev–Trinajstić information content (AvgIpc) is 2.52. The van der Waals surface area contributed by atoms with Crippen LogP contribution in [-0.4, -0.2) is 17.6 Å². The van der Waals surface area contributed by atoms with Gasteiger partial charge in [-0.3, -0.25) is 10.8 Å². The van der Waals surface area contributed by atoms with E-state index in [0.29, 0.717) is 5.96 Å². The molecule has 0 fully saturated rings. The van der Waals surface area contributed by atoms with Crippen molar-refractivity contribution in [3.05, 3.63) is 18.5 Å². The van der Waals surface area contributed by atoms with E-state index >= 15 is 0 Å². The fourth-order valence-electron chi connectivity index (χ4n) is 0.741. The third kappa shape index (κ3) is 2.92. The van der Waals surface area contributed by atoms with Crippen molar-refractivity contribution in [2.24, 2.45) is 10.7 Å². The Hall–Kier alpha value is -1.03. The van der Waals surface area contributed by atoms with Crippen LogP contribution in [0.4, 0.5) is 0 Å². The standard InChI is InChI=1S/C7H12N4.ClH/c1-2-4-9-7(8)11-6-3-5-10-11;/h3,5-6H,2,4H2,1H3,(H2,8,9);1H. The number of nitrogens with zero attached hydrogens (tertiary/aromatic N) is 2. The lowest BCUT2D eigenvalue weighted by molar-refractivity contribution is -0.619. The Bertz CT molecular complexity index is 230. The van der Waals surface area contributed by atoms with Crippen LogP contribution in [0, 0.1) is 0 Å². The first-order valence-electron chi connectivity index (χ1n) is 3.70. The molecule has 0 aromatic carbocycles. The summed E-state index contributed by atoms with van der Waals surface area (Å²) in [6, 6.07) is 1.87. The Kier molecular flexibility index (Phi) is 5.12. The molecule has 0 bridgehead atoms. The molecule has 0 aliphatic rings. The summed E-state index contributed by atoms with van der Waals surface area (Å²) >= 11 is 0. The van der Waals surface area contributed by atoms with E-state index in [-0.39, 0.29) is 12.4 Å². The van der Waals surface area contributed by atoms with Gasteiger partial charge in [0.1, 0.15) is 6.54 Å². The van der Waals surface area contributed by atoms with E-state index in [2.05, 4.69) is 17.0 Å². The van der Waals surface area contributed by atoms with Crippen LogP contribution in [0.15, 0.2) is 23.5 Å². The Morgan fingerprint density at radius 2 is 2.42 bits per heavy atom. The van der Waals surface area contributed by atoms with E-state index < -0.39 is 0 Å². The summed E-state index contributed by atoms with van der Waals surface area (Å²) in [5.41, 5.74) is 5.61. The summed E-state index contributed by atoms with van der Waals surface area (Å²) in [5.74, 6) is 0.511. The van der Waals surface area contributed by atoms with Crippen molar-refractivity contribution in [1.82, 2.24) is 5.10 Å². The zero-order chi connectivity index (χ0) is 8.10. The predicted molar refractivity (Wildman–Crippen MR) is 43.2 cm³/mol. The van der Waals surface area contributed by atoms with Crippen LogP contribution in [0.2, 0.25) is 0 Å². The molecule has 5 heteroatoms. The molecule has 0 aliphatic carbocycles. The molecule has 4 nitrogen and oxygen atoms in total. The number of aliphatic imine (C=N–C) groups is 1. The lowest BCUT2D eigenvalue weighted by Crippen LogP contribution is -3.00. The van der Waals surface area contributed by atoms with E-state index in [9.17, 15) is 0 Å². The first-order valence-corrected chi connectivity index (χ1v) is 3.70. The topological polar surface area (TPSA) is 58.0 Å². The second kappa shape index (κ2) is 5.60. The zero-order valence-corrected chi connectivity index (χ0v) is 7.75. The normalized spacial score (nSPS) is 10.9. The number of nitrogens with two attached hydrogens (primary N) is 1. The summed E-state index contributed by atoms with van der Waals surface area (Å²) in [6.45, 7) is 2.84. The Balaban J connectivity index is 0.00000121. The van der Waals surface area contributed by atoms with Gasteiger partial charge >= 0.3 is 5.96 Å². The van der Waals surface area contributed by atoms with Crippen molar-refractivity contribution in [2.45, 2.75) is 13.3 Å². The molecule has 0 saturated carbocycles. The Labute approximate surface area is 77.9 Å². The number of rotatable bonds is 2. The van der Waals surface area contributed by atoms with Gasteiger partial charge in [-0.25, -0.2) is 0 Å². The summed E-state index contributed by atoms with van der Waals surface area (Å²) in [6.07, 6.45) is 4.64. The van der Waals surface area contributed by atoms with E-state index in [0.717, 1.165) is 13.0 Å². The third-order valence-electron chi connectivity index (χ3n) is 1.29. The van der Waals surface area contributed by atoms with Gasteiger partial charge < -0.3 is 12.4 Å². The fourth-order valence-corrected chi connectivity index (χ4v) is 0.741. The Morgan fingerprint density at radius 1 is 1.67 bits per heavy atom. The van der Waals surface area contributed by atoms with Gasteiger partial charge in [0.25, 0.3) is 0 Å². The average molecular weight is 189 g/mol. The number of aromatic amines is 1. The molecular weight excluding hydrogens is 176 g/mol. The number of aromatic nitrogens is 2. The van der Waals surface area contributed by atoms with Crippen LogP contribution in [0.3, 0.4) is 0 Å². The van der Waals surface area contributed by atoms with E-state index in [1.807, 2.05) is 12.3 Å². The van der Waals surface area contributed by atoms with Crippen molar-refractivity contribution in [2.75, 3.05) is 6.54 Å².